The van der Waals surface area contributed by atoms with Gasteiger partial charge in [0.05, 0.1) is 12.3 Å². The van der Waals surface area contributed by atoms with Gasteiger partial charge in [0, 0.05) is 13.1 Å². The van der Waals surface area contributed by atoms with E-state index in [2.05, 4.69) is 10.3 Å². The lowest BCUT2D eigenvalue weighted by atomic mass is 10.3. The van der Waals surface area contributed by atoms with Crippen LogP contribution in [0.4, 0.5) is 0 Å². The van der Waals surface area contributed by atoms with E-state index in [1.54, 1.807) is 11.6 Å². The number of esters is 1. The summed E-state index contributed by atoms with van der Waals surface area (Å²) in [5, 5.41) is 7.65. The second-order valence-corrected chi connectivity index (χ2v) is 3.03. The van der Waals surface area contributed by atoms with Crippen LogP contribution in [0, 0.1) is 0 Å². The Morgan fingerprint density at radius 2 is 2.27 bits per heavy atom. The van der Waals surface area contributed by atoms with Gasteiger partial charge in [0.1, 0.15) is 0 Å². The van der Waals surface area contributed by atoms with E-state index in [0.29, 0.717) is 18.8 Å². The fourth-order valence-electron chi connectivity index (χ4n) is 1.28. The Morgan fingerprint density at radius 3 is 2.80 bits per heavy atom. The van der Waals surface area contributed by atoms with Crippen LogP contribution in [0.5, 0.6) is 0 Å². The second kappa shape index (κ2) is 5.45. The van der Waals surface area contributed by atoms with E-state index in [-0.39, 0.29) is 12.2 Å². The lowest BCUT2D eigenvalue weighted by molar-refractivity contribution is 0.0518. The van der Waals surface area contributed by atoms with Gasteiger partial charge in [0.25, 0.3) is 0 Å². The molecule has 0 amide bonds. The normalized spacial score (nSPS) is 10.3. The van der Waals surface area contributed by atoms with Crippen LogP contribution < -0.4 is 5.73 Å². The van der Waals surface area contributed by atoms with Gasteiger partial charge in [-0.15, -0.1) is 5.10 Å². The second-order valence-electron chi connectivity index (χ2n) is 3.03. The van der Waals surface area contributed by atoms with Crippen LogP contribution in [0.3, 0.4) is 0 Å². The first kappa shape index (κ1) is 11.6. The van der Waals surface area contributed by atoms with Gasteiger partial charge in [-0.1, -0.05) is 12.1 Å². The topological polar surface area (TPSA) is 83.0 Å². The number of hydrogen-bond donors (Lipinski definition) is 1. The van der Waals surface area contributed by atoms with Gasteiger partial charge in [0.2, 0.25) is 0 Å². The molecule has 1 heterocycles. The summed E-state index contributed by atoms with van der Waals surface area (Å²) < 4.78 is 6.50. The number of rotatable bonds is 5. The molecule has 1 rings (SSSR count). The fraction of sp³-hybridized carbons (Fsp3) is 0.667. The summed E-state index contributed by atoms with van der Waals surface area (Å²) in [5.74, 6) is -0.458. The Morgan fingerprint density at radius 1 is 1.53 bits per heavy atom. The van der Waals surface area contributed by atoms with Crippen LogP contribution in [0.2, 0.25) is 0 Å². The number of nitrogens with two attached hydrogens (primary N) is 1. The van der Waals surface area contributed by atoms with Crippen LogP contribution >= 0.6 is 0 Å². The van der Waals surface area contributed by atoms with Crippen molar-refractivity contribution in [3.05, 3.63) is 11.4 Å². The minimum atomic E-state index is -0.458. The number of ether oxygens (including phenoxy) is 1. The van der Waals surface area contributed by atoms with E-state index in [1.165, 1.54) is 0 Å². The molecule has 0 aliphatic rings. The third-order valence-electron chi connectivity index (χ3n) is 1.94. The third-order valence-corrected chi connectivity index (χ3v) is 1.94. The zero-order valence-electron chi connectivity index (χ0n) is 9.06. The summed E-state index contributed by atoms with van der Waals surface area (Å²) in [7, 11) is 0. The highest BCUT2D eigenvalue weighted by Gasteiger charge is 2.18. The molecule has 1 aromatic heterocycles. The van der Waals surface area contributed by atoms with Gasteiger partial charge in [-0.3, -0.25) is 0 Å². The molecule has 0 bridgehead atoms. The van der Waals surface area contributed by atoms with Crippen molar-refractivity contribution >= 4 is 5.97 Å². The standard InChI is InChI=1S/C9H16N4O2/c1-3-5-13-7(6-10)8(11-12-13)9(14)15-4-2/h3-6,10H2,1-2H3. The third kappa shape index (κ3) is 2.53. The zero-order chi connectivity index (χ0) is 11.3. The van der Waals surface area contributed by atoms with E-state index in [1.807, 2.05) is 6.92 Å². The minimum Gasteiger partial charge on any atom is -0.461 e. The van der Waals surface area contributed by atoms with E-state index < -0.39 is 5.97 Å². The molecule has 2 N–H and O–H groups in total. The molecule has 0 spiro atoms. The summed E-state index contributed by atoms with van der Waals surface area (Å²) in [5.41, 5.74) is 6.42. The monoisotopic (exact) mass is 212 g/mol. The molecule has 0 fully saturated rings. The molecule has 0 saturated carbocycles. The van der Waals surface area contributed by atoms with Gasteiger partial charge in [-0.2, -0.15) is 0 Å². The van der Waals surface area contributed by atoms with Gasteiger partial charge in [-0.25, -0.2) is 9.48 Å². The first-order valence-corrected chi connectivity index (χ1v) is 5.04. The Kier molecular flexibility index (Phi) is 4.23. The van der Waals surface area contributed by atoms with Crippen molar-refractivity contribution < 1.29 is 9.53 Å². The van der Waals surface area contributed by atoms with Crippen molar-refractivity contribution in [2.45, 2.75) is 33.4 Å². The van der Waals surface area contributed by atoms with E-state index in [0.717, 1.165) is 6.42 Å². The van der Waals surface area contributed by atoms with Gasteiger partial charge in [0.15, 0.2) is 5.69 Å². The Labute approximate surface area is 88.4 Å². The molecular formula is C9H16N4O2. The summed E-state index contributed by atoms with van der Waals surface area (Å²) >= 11 is 0. The Balaban J connectivity index is 2.92. The summed E-state index contributed by atoms with van der Waals surface area (Å²) in [6.45, 7) is 5.03. The fourth-order valence-corrected chi connectivity index (χ4v) is 1.28. The molecule has 0 radical (unpaired) electrons. The van der Waals surface area contributed by atoms with E-state index in [4.69, 9.17) is 10.5 Å². The summed E-state index contributed by atoms with van der Waals surface area (Å²) in [6.07, 6.45) is 0.915. The first-order chi connectivity index (χ1) is 7.24. The maximum Gasteiger partial charge on any atom is 0.360 e. The maximum absolute atomic E-state index is 11.4. The lowest BCUT2D eigenvalue weighted by Crippen LogP contribution is -2.14. The quantitative estimate of drug-likeness (QED) is 0.711. The van der Waals surface area contributed by atoms with Crippen molar-refractivity contribution in [2.24, 2.45) is 5.73 Å². The smallest absolute Gasteiger partial charge is 0.360 e. The van der Waals surface area contributed by atoms with Gasteiger partial charge < -0.3 is 10.5 Å². The molecule has 84 valence electrons. The molecule has 0 saturated heterocycles. The largest absolute Gasteiger partial charge is 0.461 e. The number of aryl methyl sites for hydroxylation is 1. The van der Waals surface area contributed by atoms with Crippen LogP contribution in [-0.4, -0.2) is 27.6 Å². The summed E-state index contributed by atoms with van der Waals surface area (Å²) in [6, 6.07) is 0. The average molecular weight is 212 g/mol. The van der Waals surface area contributed by atoms with Crippen molar-refractivity contribution in [1.29, 1.82) is 0 Å². The Bertz CT molecular complexity index is 335. The molecule has 0 atom stereocenters. The molecular weight excluding hydrogens is 196 g/mol. The van der Waals surface area contributed by atoms with Crippen molar-refractivity contribution in [1.82, 2.24) is 15.0 Å². The average Bonchev–Trinajstić information content (AvgIpc) is 2.62. The van der Waals surface area contributed by atoms with Gasteiger partial charge >= 0.3 is 5.97 Å². The molecule has 0 aliphatic carbocycles. The molecule has 1 aromatic rings. The van der Waals surface area contributed by atoms with Crippen molar-refractivity contribution in [2.75, 3.05) is 6.61 Å². The molecule has 0 aromatic carbocycles. The maximum atomic E-state index is 11.4. The van der Waals surface area contributed by atoms with Crippen molar-refractivity contribution in [3.8, 4) is 0 Å². The highest BCUT2D eigenvalue weighted by atomic mass is 16.5. The number of nitrogens with zero attached hydrogens (tertiary/aromatic N) is 3. The van der Waals surface area contributed by atoms with E-state index in [9.17, 15) is 4.79 Å². The number of carbonyl (C=O) groups is 1. The Hall–Kier alpha value is -1.43. The predicted octanol–water partition coefficient (Wildman–Crippen LogP) is 0.324. The van der Waals surface area contributed by atoms with Gasteiger partial charge in [-0.05, 0) is 13.3 Å². The summed E-state index contributed by atoms with van der Waals surface area (Å²) in [4.78, 5) is 11.4. The molecule has 0 aliphatic heterocycles. The number of aromatic nitrogens is 3. The minimum absolute atomic E-state index is 0.229. The van der Waals surface area contributed by atoms with Crippen LogP contribution in [0.25, 0.3) is 0 Å². The number of hydrogen-bond acceptors (Lipinski definition) is 5. The molecule has 6 nitrogen and oxygen atoms in total. The lowest BCUT2D eigenvalue weighted by Gasteiger charge is -2.03. The van der Waals surface area contributed by atoms with Crippen molar-refractivity contribution in [3.63, 3.8) is 0 Å². The highest BCUT2D eigenvalue weighted by molar-refractivity contribution is 5.88. The van der Waals surface area contributed by atoms with Crippen LogP contribution in [0.15, 0.2) is 0 Å². The van der Waals surface area contributed by atoms with E-state index >= 15 is 0 Å². The SMILES string of the molecule is CCCn1nnc(C(=O)OCC)c1CN. The van der Waals surface area contributed by atoms with Crippen LogP contribution in [0.1, 0.15) is 36.5 Å². The van der Waals surface area contributed by atoms with Crippen LogP contribution in [-0.2, 0) is 17.8 Å². The zero-order valence-corrected chi connectivity index (χ0v) is 9.06. The molecule has 6 heteroatoms. The molecule has 0 unspecified atom stereocenters. The highest BCUT2D eigenvalue weighted by Crippen LogP contribution is 2.07. The molecule has 15 heavy (non-hydrogen) atoms. The first-order valence-electron chi connectivity index (χ1n) is 5.04. The number of carbonyl (C=O) groups excluding carboxylic acids is 1. The predicted molar refractivity (Wildman–Crippen MR) is 54.2 cm³/mol.